The molecular formula is C7H6BrNO4S. The maximum Gasteiger partial charge on any atom is 0.283 e. The van der Waals surface area contributed by atoms with E-state index in [-0.39, 0.29) is 15.1 Å². The molecular weight excluding hydrogens is 274 g/mol. The van der Waals surface area contributed by atoms with E-state index in [1.165, 1.54) is 12.1 Å². The van der Waals surface area contributed by atoms with Crippen molar-refractivity contribution >= 4 is 31.5 Å². The summed E-state index contributed by atoms with van der Waals surface area (Å²) in [4.78, 5) is 9.87. The average Bonchev–Trinajstić information content (AvgIpc) is 2.01. The second kappa shape index (κ2) is 3.66. The second-order valence-corrected chi connectivity index (χ2v) is 5.51. The smallest absolute Gasteiger partial charge is 0.258 e. The van der Waals surface area contributed by atoms with Gasteiger partial charge in [-0.2, -0.15) is 0 Å². The molecule has 0 unspecified atom stereocenters. The van der Waals surface area contributed by atoms with Crippen molar-refractivity contribution in [1.82, 2.24) is 0 Å². The zero-order chi connectivity index (χ0) is 10.9. The first-order valence-corrected chi connectivity index (χ1v) is 6.15. The number of hydrogen-bond donors (Lipinski definition) is 0. The summed E-state index contributed by atoms with van der Waals surface area (Å²) in [7, 11) is -3.32. The van der Waals surface area contributed by atoms with E-state index < -0.39 is 14.8 Å². The van der Waals surface area contributed by atoms with E-state index in [9.17, 15) is 18.5 Å². The van der Waals surface area contributed by atoms with Crippen molar-refractivity contribution in [2.24, 2.45) is 0 Å². The Hall–Kier alpha value is -0.950. The van der Waals surface area contributed by atoms with Crippen LogP contribution in [0.2, 0.25) is 0 Å². The molecule has 14 heavy (non-hydrogen) atoms. The molecule has 0 spiro atoms. The Morgan fingerprint density at radius 3 is 2.36 bits per heavy atom. The molecule has 0 aliphatic heterocycles. The number of nitrogens with zero attached hydrogens (tertiary/aromatic N) is 1. The third-order valence-corrected chi connectivity index (χ3v) is 3.29. The lowest BCUT2D eigenvalue weighted by molar-refractivity contribution is -0.385. The number of halogens is 1. The van der Waals surface area contributed by atoms with E-state index >= 15 is 0 Å². The van der Waals surface area contributed by atoms with Gasteiger partial charge in [0.1, 0.15) is 0 Å². The SMILES string of the molecule is CS(=O)(=O)c1ccc([N+](=O)[O-])c(Br)c1. The standard InChI is InChI=1S/C7H6BrNO4S/c1-14(12,13)5-2-3-7(9(10)11)6(8)4-5/h2-4H,1H3. The molecule has 0 radical (unpaired) electrons. The molecule has 0 saturated carbocycles. The Morgan fingerprint density at radius 2 is 2.00 bits per heavy atom. The van der Waals surface area contributed by atoms with Gasteiger partial charge in [0, 0.05) is 12.3 Å². The minimum absolute atomic E-state index is 0.0509. The molecule has 0 heterocycles. The Morgan fingerprint density at radius 1 is 1.43 bits per heavy atom. The highest BCUT2D eigenvalue weighted by Crippen LogP contribution is 2.27. The van der Waals surface area contributed by atoms with Gasteiger partial charge in [0.15, 0.2) is 9.84 Å². The van der Waals surface area contributed by atoms with Crippen molar-refractivity contribution in [1.29, 1.82) is 0 Å². The number of sulfone groups is 1. The average molecular weight is 280 g/mol. The molecule has 0 aliphatic carbocycles. The molecule has 1 rings (SSSR count). The summed E-state index contributed by atoms with van der Waals surface area (Å²) in [5.74, 6) is 0. The lowest BCUT2D eigenvalue weighted by Crippen LogP contribution is -1.98. The van der Waals surface area contributed by atoms with Gasteiger partial charge < -0.3 is 0 Å². The summed E-state index contributed by atoms with van der Waals surface area (Å²) in [6.45, 7) is 0. The normalized spacial score (nSPS) is 11.3. The van der Waals surface area contributed by atoms with E-state index in [1.54, 1.807) is 0 Å². The van der Waals surface area contributed by atoms with Crippen molar-refractivity contribution in [3.05, 3.63) is 32.8 Å². The number of hydrogen-bond acceptors (Lipinski definition) is 4. The number of nitro groups is 1. The fraction of sp³-hybridized carbons (Fsp3) is 0.143. The molecule has 7 heteroatoms. The molecule has 0 aliphatic rings. The zero-order valence-corrected chi connectivity index (χ0v) is 9.50. The first-order valence-electron chi connectivity index (χ1n) is 3.46. The lowest BCUT2D eigenvalue weighted by atomic mass is 10.3. The van der Waals surface area contributed by atoms with Crippen LogP contribution < -0.4 is 0 Å². The van der Waals surface area contributed by atoms with Crippen LogP contribution >= 0.6 is 15.9 Å². The first kappa shape index (κ1) is 11.1. The van der Waals surface area contributed by atoms with Gasteiger partial charge in [-0.1, -0.05) is 0 Å². The first-order chi connectivity index (χ1) is 6.32. The summed E-state index contributed by atoms with van der Waals surface area (Å²) < 4.78 is 22.3. The molecule has 0 N–H and O–H groups in total. The van der Waals surface area contributed by atoms with Gasteiger partial charge in [-0.25, -0.2) is 8.42 Å². The molecule has 0 bridgehead atoms. The Bertz CT molecular complexity index is 482. The van der Waals surface area contributed by atoms with Crippen LogP contribution in [0.15, 0.2) is 27.6 Å². The van der Waals surface area contributed by atoms with Gasteiger partial charge in [0.05, 0.1) is 14.3 Å². The molecule has 1 aromatic rings. The van der Waals surface area contributed by atoms with Gasteiger partial charge >= 0.3 is 0 Å². The van der Waals surface area contributed by atoms with Crippen LogP contribution in [-0.2, 0) is 9.84 Å². The van der Waals surface area contributed by atoms with Gasteiger partial charge in [0.25, 0.3) is 5.69 Å². The predicted octanol–water partition coefficient (Wildman–Crippen LogP) is 1.76. The van der Waals surface area contributed by atoms with Crippen molar-refractivity contribution in [3.8, 4) is 0 Å². The maximum absolute atomic E-state index is 11.1. The topological polar surface area (TPSA) is 77.3 Å². The van der Waals surface area contributed by atoms with Crippen molar-refractivity contribution in [2.75, 3.05) is 6.26 Å². The molecule has 76 valence electrons. The molecule has 0 fully saturated rings. The fourth-order valence-corrected chi connectivity index (χ4v) is 2.19. The van der Waals surface area contributed by atoms with E-state index in [0.29, 0.717) is 0 Å². The molecule has 1 aromatic carbocycles. The van der Waals surface area contributed by atoms with Gasteiger partial charge in [0.2, 0.25) is 0 Å². The molecule has 0 saturated heterocycles. The highest BCUT2D eigenvalue weighted by atomic mass is 79.9. The van der Waals surface area contributed by atoms with Crippen molar-refractivity contribution < 1.29 is 13.3 Å². The summed E-state index contributed by atoms with van der Waals surface area (Å²) in [6.07, 6.45) is 1.04. The third-order valence-electron chi connectivity index (χ3n) is 1.54. The summed E-state index contributed by atoms with van der Waals surface area (Å²) >= 11 is 2.93. The van der Waals surface area contributed by atoms with E-state index in [0.717, 1.165) is 12.3 Å². The Balaban J connectivity index is 3.34. The summed E-state index contributed by atoms with van der Waals surface area (Å²) in [6, 6.07) is 3.58. The Labute approximate surface area is 88.9 Å². The highest BCUT2D eigenvalue weighted by Gasteiger charge is 2.15. The summed E-state index contributed by atoms with van der Waals surface area (Å²) in [5, 5.41) is 10.4. The van der Waals surface area contributed by atoms with Crippen molar-refractivity contribution in [3.63, 3.8) is 0 Å². The van der Waals surface area contributed by atoms with Crippen LogP contribution in [0, 0.1) is 10.1 Å². The van der Waals surface area contributed by atoms with Crippen LogP contribution in [-0.4, -0.2) is 19.6 Å². The van der Waals surface area contributed by atoms with Gasteiger partial charge in [-0.05, 0) is 28.1 Å². The quantitative estimate of drug-likeness (QED) is 0.611. The Kier molecular flexibility index (Phi) is 2.91. The minimum atomic E-state index is -3.32. The molecule has 0 amide bonds. The number of rotatable bonds is 2. The fourth-order valence-electron chi connectivity index (χ4n) is 0.866. The predicted molar refractivity (Wildman–Crippen MR) is 53.9 cm³/mol. The second-order valence-electron chi connectivity index (χ2n) is 2.64. The van der Waals surface area contributed by atoms with Crippen LogP contribution in [0.1, 0.15) is 0 Å². The largest absolute Gasteiger partial charge is 0.283 e. The maximum atomic E-state index is 11.1. The number of nitro benzene ring substituents is 1. The van der Waals surface area contributed by atoms with Crippen LogP contribution in [0.5, 0.6) is 0 Å². The van der Waals surface area contributed by atoms with Crippen LogP contribution in [0.4, 0.5) is 5.69 Å². The molecule has 5 nitrogen and oxygen atoms in total. The zero-order valence-electron chi connectivity index (χ0n) is 7.10. The van der Waals surface area contributed by atoms with Crippen LogP contribution in [0.3, 0.4) is 0 Å². The van der Waals surface area contributed by atoms with Crippen LogP contribution in [0.25, 0.3) is 0 Å². The van der Waals surface area contributed by atoms with E-state index in [2.05, 4.69) is 15.9 Å². The van der Waals surface area contributed by atoms with Gasteiger partial charge in [-0.3, -0.25) is 10.1 Å². The van der Waals surface area contributed by atoms with E-state index in [1.807, 2.05) is 0 Å². The minimum Gasteiger partial charge on any atom is -0.258 e. The van der Waals surface area contributed by atoms with Crippen molar-refractivity contribution in [2.45, 2.75) is 4.90 Å². The highest BCUT2D eigenvalue weighted by molar-refractivity contribution is 9.10. The molecule has 0 aromatic heterocycles. The lowest BCUT2D eigenvalue weighted by Gasteiger charge is -1.99. The molecule has 0 atom stereocenters. The monoisotopic (exact) mass is 279 g/mol. The van der Waals surface area contributed by atoms with E-state index in [4.69, 9.17) is 0 Å². The number of benzene rings is 1. The third kappa shape index (κ3) is 2.30. The summed E-state index contributed by atoms with van der Waals surface area (Å²) in [5.41, 5.74) is -0.155. The van der Waals surface area contributed by atoms with Gasteiger partial charge in [-0.15, -0.1) is 0 Å².